The van der Waals surface area contributed by atoms with E-state index in [0.717, 1.165) is 27.8 Å². The zero-order chi connectivity index (χ0) is 38.0. The molecule has 0 saturated heterocycles. The number of fused-ring (bicyclic) bond motifs is 1. The Hall–Kier alpha value is -5.23. The van der Waals surface area contributed by atoms with Gasteiger partial charge in [0.05, 0.1) is 31.4 Å². The van der Waals surface area contributed by atoms with Crippen LogP contribution in [0, 0.1) is 5.41 Å². The molecule has 53 heavy (non-hydrogen) atoms. The fourth-order valence-electron chi connectivity index (χ4n) is 6.51. The van der Waals surface area contributed by atoms with Crippen LogP contribution in [0.1, 0.15) is 54.6 Å². The summed E-state index contributed by atoms with van der Waals surface area (Å²) in [5.74, 6) is -0.425. The Morgan fingerprint density at radius 3 is 2.06 bits per heavy atom. The normalized spacial score (nSPS) is 17.4. The summed E-state index contributed by atoms with van der Waals surface area (Å²) in [4.78, 5) is 41.3. The molecule has 6 atom stereocenters. The van der Waals surface area contributed by atoms with Crippen LogP contribution in [-0.4, -0.2) is 65.6 Å². The van der Waals surface area contributed by atoms with E-state index in [1.165, 1.54) is 0 Å². The van der Waals surface area contributed by atoms with Crippen molar-refractivity contribution in [2.24, 2.45) is 5.41 Å². The summed E-state index contributed by atoms with van der Waals surface area (Å²) in [7, 11) is 1.58. The number of aliphatic hydroxyl groups excluding tert-OH is 2. The van der Waals surface area contributed by atoms with Crippen LogP contribution in [-0.2, 0) is 40.3 Å². The summed E-state index contributed by atoms with van der Waals surface area (Å²) >= 11 is 0. The molecule has 280 valence electrons. The second-order valence-corrected chi connectivity index (χ2v) is 14.5. The number of hydrogen-bond acceptors (Lipinski definition) is 8. The van der Waals surface area contributed by atoms with Crippen molar-refractivity contribution in [1.82, 2.24) is 21.3 Å². The monoisotopic (exact) mass is 722 g/mol. The van der Waals surface area contributed by atoms with E-state index in [2.05, 4.69) is 21.3 Å². The first kappa shape index (κ1) is 39.0. The van der Waals surface area contributed by atoms with Crippen molar-refractivity contribution in [1.29, 1.82) is 0 Å². The lowest BCUT2D eigenvalue weighted by atomic mass is 9.85. The van der Waals surface area contributed by atoms with Gasteiger partial charge in [-0.25, -0.2) is 4.79 Å². The summed E-state index contributed by atoms with van der Waals surface area (Å²) < 4.78 is 10.7. The van der Waals surface area contributed by atoms with Crippen molar-refractivity contribution in [3.05, 3.63) is 137 Å². The Kier molecular flexibility index (Phi) is 13.2. The lowest BCUT2D eigenvalue weighted by Gasteiger charge is -2.35. The second-order valence-electron chi connectivity index (χ2n) is 14.5. The molecule has 11 nitrogen and oxygen atoms in total. The lowest BCUT2D eigenvalue weighted by molar-refractivity contribution is -0.131. The van der Waals surface area contributed by atoms with Crippen molar-refractivity contribution in [3.63, 3.8) is 0 Å². The highest BCUT2D eigenvalue weighted by molar-refractivity contribution is 5.87. The van der Waals surface area contributed by atoms with E-state index in [1.807, 2.05) is 118 Å². The van der Waals surface area contributed by atoms with Crippen LogP contribution in [0.5, 0.6) is 5.75 Å². The van der Waals surface area contributed by atoms with Gasteiger partial charge in [-0.1, -0.05) is 118 Å². The molecule has 0 fully saturated rings. The molecule has 6 N–H and O–H groups in total. The third-order valence-electron chi connectivity index (χ3n) is 9.45. The van der Waals surface area contributed by atoms with Gasteiger partial charge in [0.1, 0.15) is 24.4 Å². The first-order valence-corrected chi connectivity index (χ1v) is 17.8. The van der Waals surface area contributed by atoms with E-state index in [1.54, 1.807) is 19.2 Å². The van der Waals surface area contributed by atoms with E-state index >= 15 is 0 Å². The molecule has 0 aliphatic heterocycles. The number of methoxy groups -OCH3 is 1. The fraction of sp³-hybridized carbons (Fsp3) is 0.357. The van der Waals surface area contributed by atoms with Gasteiger partial charge < -0.3 is 35.6 Å². The van der Waals surface area contributed by atoms with Gasteiger partial charge in [0.25, 0.3) is 0 Å². The maximum atomic E-state index is 14.2. The molecule has 4 aromatic rings. The van der Waals surface area contributed by atoms with Crippen molar-refractivity contribution >= 4 is 17.9 Å². The topological polar surface area (TPSA) is 158 Å². The number of ether oxygens (including phenoxy) is 2. The number of aliphatic hydroxyl groups is 2. The van der Waals surface area contributed by atoms with Gasteiger partial charge >= 0.3 is 6.09 Å². The number of carbonyl (C=O) groups excluding carboxylic acids is 3. The number of benzene rings is 4. The third kappa shape index (κ3) is 10.7. The van der Waals surface area contributed by atoms with Crippen molar-refractivity contribution in [2.45, 2.75) is 83.1 Å². The Morgan fingerprint density at radius 1 is 0.792 bits per heavy atom. The Bertz CT molecular complexity index is 1800. The molecule has 0 unspecified atom stereocenters. The highest BCUT2D eigenvalue weighted by Crippen LogP contribution is 2.31. The molecular weight excluding hydrogens is 672 g/mol. The third-order valence-corrected chi connectivity index (χ3v) is 9.45. The Morgan fingerprint density at radius 2 is 1.42 bits per heavy atom. The van der Waals surface area contributed by atoms with Gasteiger partial charge in [-0.15, -0.1) is 0 Å². The average Bonchev–Trinajstić information content (AvgIpc) is 3.47. The van der Waals surface area contributed by atoms with Crippen LogP contribution in [0.4, 0.5) is 4.79 Å². The number of carbonyl (C=O) groups is 3. The zero-order valence-corrected chi connectivity index (χ0v) is 30.6. The summed E-state index contributed by atoms with van der Waals surface area (Å²) in [5.41, 5.74) is 3.43. The molecule has 0 aromatic heterocycles. The molecule has 0 radical (unpaired) electrons. The molecule has 0 bridgehead atoms. The first-order valence-electron chi connectivity index (χ1n) is 17.8. The number of alkyl carbamates (subject to hydrolysis) is 1. The second kappa shape index (κ2) is 18.0. The van der Waals surface area contributed by atoms with E-state index in [0.29, 0.717) is 12.2 Å². The molecule has 0 saturated carbocycles. The number of amides is 3. The zero-order valence-electron chi connectivity index (χ0n) is 30.6. The Balaban J connectivity index is 1.40. The van der Waals surface area contributed by atoms with E-state index < -0.39 is 59.7 Å². The summed E-state index contributed by atoms with van der Waals surface area (Å²) in [6.45, 7) is 5.67. The van der Waals surface area contributed by atoms with Crippen LogP contribution in [0.25, 0.3) is 0 Å². The fourth-order valence-corrected chi connectivity index (χ4v) is 6.51. The molecule has 11 heteroatoms. The van der Waals surface area contributed by atoms with Gasteiger partial charge in [-0.3, -0.25) is 14.9 Å². The maximum absolute atomic E-state index is 14.2. The van der Waals surface area contributed by atoms with E-state index in [4.69, 9.17) is 9.47 Å². The molecule has 1 aliphatic rings. The minimum atomic E-state index is -1.46. The molecule has 3 amide bonds. The standard InChI is InChI=1S/C42H50N4O7/c1-42(2,3)38(46-41(51)53-26-29-15-9-6-10-16-29)40(50)44-33(23-27-13-7-5-8-14-27)37(48)36(43-25-28-19-21-31(52-4)22-20-28)39(49)45-35-32-18-12-11-17-30(32)24-34(35)47/h5-22,33-38,43,47-48H,23-26H2,1-4H3,(H,44,50)(H,45,49)(H,46,51)/t33-,34+,35-,36+,37-,38+/m0/s1. The van der Waals surface area contributed by atoms with Crippen LogP contribution in [0.3, 0.4) is 0 Å². The first-order chi connectivity index (χ1) is 25.4. The minimum absolute atomic E-state index is 0.0251. The highest BCUT2D eigenvalue weighted by Gasteiger charge is 2.40. The number of rotatable bonds is 15. The maximum Gasteiger partial charge on any atom is 0.408 e. The summed E-state index contributed by atoms with van der Waals surface area (Å²) in [6, 6.07) is 29.4. The summed E-state index contributed by atoms with van der Waals surface area (Å²) in [6.07, 6.45) is -2.52. The highest BCUT2D eigenvalue weighted by atomic mass is 16.5. The predicted molar refractivity (Wildman–Crippen MR) is 202 cm³/mol. The van der Waals surface area contributed by atoms with Crippen LogP contribution < -0.4 is 26.0 Å². The van der Waals surface area contributed by atoms with Crippen LogP contribution >= 0.6 is 0 Å². The molecule has 0 spiro atoms. The molecule has 4 aromatic carbocycles. The largest absolute Gasteiger partial charge is 0.497 e. The van der Waals surface area contributed by atoms with Crippen molar-refractivity contribution in [3.8, 4) is 5.75 Å². The quantitative estimate of drug-likeness (QED) is 0.106. The van der Waals surface area contributed by atoms with Gasteiger partial charge in [0.2, 0.25) is 11.8 Å². The van der Waals surface area contributed by atoms with Crippen LogP contribution in [0.2, 0.25) is 0 Å². The Labute approximate surface area is 311 Å². The van der Waals surface area contributed by atoms with E-state index in [9.17, 15) is 24.6 Å². The number of nitrogens with one attached hydrogen (secondary N) is 4. The minimum Gasteiger partial charge on any atom is -0.497 e. The SMILES string of the molecule is COc1ccc(CN[C@@H](C(=O)N[C@H]2c3ccccc3C[C@H]2O)[C@@H](O)[C@H](Cc2ccccc2)NC(=O)[C@@H](NC(=O)OCc2ccccc2)C(C)(C)C)cc1. The number of hydrogen-bond donors (Lipinski definition) is 6. The molecule has 1 aliphatic carbocycles. The van der Waals surface area contributed by atoms with Gasteiger partial charge in [0, 0.05) is 13.0 Å². The van der Waals surface area contributed by atoms with Gasteiger partial charge in [-0.05, 0) is 51.8 Å². The van der Waals surface area contributed by atoms with Crippen molar-refractivity contribution < 1.29 is 34.1 Å². The average molecular weight is 723 g/mol. The van der Waals surface area contributed by atoms with E-state index in [-0.39, 0.29) is 19.6 Å². The molecule has 5 rings (SSSR count). The van der Waals surface area contributed by atoms with Gasteiger partial charge in [-0.2, -0.15) is 0 Å². The molecular formula is C42H50N4O7. The predicted octanol–water partition coefficient (Wildman–Crippen LogP) is 4.36. The smallest absolute Gasteiger partial charge is 0.408 e. The summed E-state index contributed by atoms with van der Waals surface area (Å²) in [5, 5.41) is 35.0. The van der Waals surface area contributed by atoms with Crippen LogP contribution in [0.15, 0.2) is 109 Å². The van der Waals surface area contributed by atoms with Crippen molar-refractivity contribution in [2.75, 3.05) is 7.11 Å². The molecule has 0 heterocycles. The van der Waals surface area contributed by atoms with Gasteiger partial charge in [0.15, 0.2) is 0 Å². The lowest BCUT2D eigenvalue weighted by Crippen LogP contribution is -2.62.